The zero-order chi connectivity index (χ0) is 28.4. The maximum atomic E-state index is 10.7. The monoisotopic (exact) mass is 674 g/mol. The summed E-state index contributed by atoms with van der Waals surface area (Å²) in [7, 11) is -13.8. The van der Waals surface area contributed by atoms with Crippen LogP contribution in [0.4, 0.5) is 26.3 Å². The summed E-state index contributed by atoms with van der Waals surface area (Å²) in [4.78, 5) is 0. The van der Waals surface area contributed by atoms with E-state index < -0.39 is 39.3 Å². The Morgan fingerprint density at radius 2 is 0.921 bits per heavy atom. The molecule has 0 aliphatic heterocycles. The SMILES string of the molecule is C[Si](C)(c1cc2ccccc2[cH-]1)c1cc2ccccc2[cH-]1.O=S(=O)([O-])C(F)(F)F.O=S(=O)([O-])C(F)(F)F.[Zr+4]. The van der Waals surface area contributed by atoms with E-state index in [4.69, 9.17) is 25.9 Å². The van der Waals surface area contributed by atoms with Crippen molar-refractivity contribution in [3.8, 4) is 0 Å². The van der Waals surface area contributed by atoms with Gasteiger partial charge < -0.3 is 9.11 Å². The van der Waals surface area contributed by atoms with Crippen LogP contribution in [0.15, 0.2) is 72.8 Å². The molecule has 0 aliphatic carbocycles. The molecule has 0 amide bonds. The summed E-state index contributed by atoms with van der Waals surface area (Å²) >= 11 is 0. The molecule has 0 spiro atoms. The topological polar surface area (TPSA) is 114 Å². The van der Waals surface area contributed by atoms with Gasteiger partial charge in [-0.05, 0) is 0 Å². The number of halogens is 6. The Morgan fingerprint density at radius 3 is 1.16 bits per heavy atom. The molecular weight excluding hydrogens is 658 g/mol. The van der Waals surface area contributed by atoms with Crippen molar-refractivity contribution in [2.45, 2.75) is 24.1 Å². The summed E-state index contributed by atoms with van der Waals surface area (Å²) in [6, 6.07) is 26.9. The van der Waals surface area contributed by atoms with E-state index in [1.165, 1.54) is 31.9 Å². The van der Waals surface area contributed by atoms with E-state index >= 15 is 0 Å². The normalized spacial score (nSPS) is 12.7. The van der Waals surface area contributed by atoms with Crippen molar-refractivity contribution in [3.05, 3.63) is 72.8 Å². The maximum Gasteiger partial charge on any atom is 4.00 e. The fourth-order valence-corrected chi connectivity index (χ4v) is 5.59. The third kappa shape index (κ3) is 8.58. The van der Waals surface area contributed by atoms with Crippen LogP contribution in [-0.4, -0.2) is 45.0 Å². The third-order valence-corrected chi connectivity index (χ3v) is 9.84. The van der Waals surface area contributed by atoms with Crippen LogP contribution in [0, 0.1) is 0 Å². The van der Waals surface area contributed by atoms with Crippen molar-refractivity contribution in [3.63, 3.8) is 0 Å². The molecule has 4 aromatic rings. The zero-order valence-electron chi connectivity index (χ0n) is 19.5. The summed E-state index contributed by atoms with van der Waals surface area (Å²) in [6.45, 7) is 4.91. The van der Waals surface area contributed by atoms with Crippen LogP contribution in [0.1, 0.15) is 0 Å². The Hall–Kier alpha value is -1.84. The molecule has 0 aliphatic rings. The van der Waals surface area contributed by atoms with Gasteiger partial charge in [0.05, 0.1) is 8.07 Å². The Morgan fingerprint density at radius 1 is 0.658 bits per heavy atom. The molecule has 16 heteroatoms. The van der Waals surface area contributed by atoms with Gasteiger partial charge in [-0.25, -0.2) is 16.8 Å². The van der Waals surface area contributed by atoms with Crippen LogP contribution in [0.2, 0.25) is 13.1 Å². The smallest absolute Gasteiger partial charge is 0.741 e. The fraction of sp³-hybridized carbons (Fsp3) is 0.182. The summed E-state index contributed by atoms with van der Waals surface area (Å²) in [5.41, 5.74) is -11.3. The number of benzene rings is 2. The molecule has 4 aromatic carbocycles. The van der Waals surface area contributed by atoms with Gasteiger partial charge in [-0.3, -0.25) is 0 Å². The quantitative estimate of drug-likeness (QED) is 0.103. The second-order valence-electron chi connectivity index (χ2n) is 8.17. The zero-order valence-corrected chi connectivity index (χ0v) is 24.6. The van der Waals surface area contributed by atoms with Gasteiger partial charge in [0.15, 0.2) is 20.2 Å². The van der Waals surface area contributed by atoms with E-state index in [9.17, 15) is 26.3 Å². The Bertz CT molecular complexity index is 1410. The molecule has 4 rings (SSSR count). The Labute approximate surface area is 234 Å². The molecule has 0 saturated carbocycles. The first-order valence-electron chi connectivity index (χ1n) is 10.0. The standard InChI is InChI=1S/C20H18Si.2CHF3O3S.Zr/c1-21(2,19-11-15-7-3-4-8-16(15)12-19)20-13-17-9-5-6-10-18(17)14-20;2*2-1(3,4)8(5,6)7;/h3-14H,1-2H3;2*(H,5,6,7);/q-2;;;+4/p-2. The molecule has 204 valence electrons. The van der Waals surface area contributed by atoms with E-state index in [0.29, 0.717) is 0 Å². The van der Waals surface area contributed by atoms with Crippen LogP contribution in [-0.2, 0) is 46.4 Å². The van der Waals surface area contributed by atoms with Gasteiger partial charge in [-0.15, -0.1) is 69.7 Å². The van der Waals surface area contributed by atoms with Crippen molar-refractivity contribution in [2.24, 2.45) is 0 Å². The van der Waals surface area contributed by atoms with Gasteiger partial charge in [0.25, 0.3) is 0 Å². The van der Waals surface area contributed by atoms with Crippen LogP contribution < -0.4 is 10.4 Å². The van der Waals surface area contributed by atoms with E-state index in [1.54, 1.807) is 0 Å². The van der Waals surface area contributed by atoms with E-state index in [-0.39, 0.29) is 26.2 Å². The van der Waals surface area contributed by atoms with Gasteiger partial charge in [-0.1, -0.05) is 25.2 Å². The first-order valence-corrected chi connectivity index (χ1v) is 15.8. The predicted octanol–water partition coefficient (Wildman–Crippen LogP) is 4.35. The van der Waals surface area contributed by atoms with Gasteiger partial charge in [0.2, 0.25) is 0 Å². The van der Waals surface area contributed by atoms with Crippen molar-refractivity contribution in [1.29, 1.82) is 0 Å². The number of fused-ring (bicyclic) bond motifs is 2. The van der Waals surface area contributed by atoms with Crippen molar-refractivity contribution in [1.82, 2.24) is 0 Å². The van der Waals surface area contributed by atoms with Gasteiger partial charge >= 0.3 is 37.2 Å². The fourth-order valence-electron chi connectivity index (χ4n) is 3.19. The number of hydrogen-bond donors (Lipinski definition) is 0. The molecule has 0 fully saturated rings. The average Bonchev–Trinajstić information content (AvgIpc) is 3.37. The van der Waals surface area contributed by atoms with Crippen LogP contribution in [0.3, 0.4) is 0 Å². The number of rotatable bonds is 2. The van der Waals surface area contributed by atoms with E-state index in [1.807, 2.05) is 0 Å². The summed E-state index contributed by atoms with van der Waals surface area (Å²) in [5, 5.41) is 8.51. The molecule has 0 atom stereocenters. The average molecular weight is 676 g/mol. The molecule has 6 nitrogen and oxygen atoms in total. The minimum atomic E-state index is -6.09. The van der Waals surface area contributed by atoms with Crippen molar-refractivity contribution < 1.29 is 78.5 Å². The molecular formula is C22H18F6O6S2SiZr. The molecule has 0 radical (unpaired) electrons. The Balaban J connectivity index is 0.000000357. The first kappa shape index (κ1) is 34.2. The van der Waals surface area contributed by atoms with Crippen molar-refractivity contribution >= 4 is 60.2 Å². The van der Waals surface area contributed by atoms with Gasteiger partial charge in [0.1, 0.15) is 0 Å². The third-order valence-electron chi connectivity index (χ3n) is 5.25. The minimum Gasteiger partial charge on any atom is -0.741 e. The maximum absolute atomic E-state index is 10.7. The molecule has 0 aromatic heterocycles. The predicted molar refractivity (Wildman–Crippen MR) is 127 cm³/mol. The summed E-state index contributed by atoms with van der Waals surface area (Å²) in [6.07, 6.45) is 0. The largest absolute Gasteiger partial charge is 4.00 e. The summed E-state index contributed by atoms with van der Waals surface area (Å²) < 4.78 is 118. The van der Waals surface area contributed by atoms with Crippen molar-refractivity contribution in [2.75, 3.05) is 0 Å². The van der Waals surface area contributed by atoms with E-state index in [0.717, 1.165) is 0 Å². The van der Waals surface area contributed by atoms with Crippen LogP contribution in [0.5, 0.6) is 0 Å². The second kappa shape index (κ2) is 12.1. The molecule has 0 unspecified atom stereocenters. The first-order chi connectivity index (χ1) is 16.6. The molecule has 38 heavy (non-hydrogen) atoms. The minimum absolute atomic E-state index is 0. The van der Waals surface area contributed by atoms with Crippen LogP contribution in [0.25, 0.3) is 21.5 Å². The molecule has 0 saturated heterocycles. The van der Waals surface area contributed by atoms with Gasteiger partial charge in [0, 0.05) is 0 Å². The number of alkyl halides is 6. The summed E-state index contributed by atoms with van der Waals surface area (Å²) in [5.74, 6) is 0. The second-order valence-corrected chi connectivity index (χ2v) is 15.3. The van der Waals surface area contributed by atoms with E-state index in [2.05, 4.69) is 85.9 Å². The van der Waals surface area contributed by atoms with Crippen LogP contribution >= 0.6 is 0 Å². The Kier molecular flexibility index (Phi) is 10.9. The molecule has 0 heterocycles. The van der Waals surface area contributed by atoms with Gasteiger partial charge in [-0.2, -0.15) is 49.2 Å². The molecule has 0 N–H and O–H groups in total. The number of hydrogen-bond acceptors (Lipinski definition) is 6. The molecule has 0 bridgehead atoms.